The predicted molar refractivity (Wildman–Crippen MR) is 141 cm³/mol. The first-order valence-electron chi connectivity index (χ1n) is 11.5. The van der Waals surface area contributed by atoms with Gasteiger partial charge in [-0.15, -0.1) is 29.3 Å². The van der Waals surface area contributed by atoms with Gasteiger partial charge in [-0.1, -0.05) is 95.1 Å². The maximum atomic E-state index is 4.62. The minimum atomic E-state index is -0.326. The summed E-state index contributed by atoms with van der Waals surface area (Å²) in [6, 6.07) is 36.9. The summed E-state index contributed by atoms with van der Waals surface area (Å²) >= 11 is 0. The molecule has 173 valence electrons. The van der Waals surface area contributed by atoms with Crippen LogP contribution in [0.4, 0.5) is 0 Å². The molecule has 1 radical (unpaired) electrons. The summed E-state index contributed by atoms with van der Waals surface area (Å²) in [5, 5.41) is 0. The molecule has 1 spiro atoms. The summed E-state index contributed by atoms with van der Waals surface area (Å²) in [5.41, 5.74) is 15.0. The van der Waals surface area contributed by atoms with Gasteiger partial charge in [-0.3, -0.25) is 0 Å². The Hall–Kier alpha value is -3.32. The van der Waals surface area contributed by atoms with E-state index in [4.69, 9.17) is 0 Å². The fourth-order valence-electron chi connectivity index (χ4n) is 6.02. The van der Waals surface area contributed by atoms with E-state index in [1.807, 2.05) is 18.3 Å². The van der Waals surface area contributed by atoms with Gasteiger partial charge in [0.05, 0.1) is 5.41 Å². The standard InChI is InChI=1S/C32H22N.CH3.Ir/c1-20-10-13-24-25-14-11-21(2)18-29(25)32(28(24)17-20)27-8-4-3-7-23(27)26-15-12-22(19-30(26)32)31-9-5-6-16-33-31;;/h3-11,13-19H,1-2H3;1H3;/q2*-1;. The average molecular weight is 628 g/mol. The van der Waals surface area contributed by atoms with Crippen molar-refractivity contribution in [2.75, 3.05) is 0 Å². The van der Waals surface area contributed by atoms with Crippen molar-refractivity contribution >= 4 is 0 Å². The normalized spacial score (nSPS) is 13.2. The maximum Gasteiger partial charge on any atom is 0.0550 e. The van der Waals surface area contributed by atoms with Crippen molar-refractivity contribution in [2.45, 2.75) is 19.3 Å². The van der Waals surface area contributed by atoms with Crippen molar-refractivity contribution in [3.8, 4) is 33.5 Å². The van der Waals surface area contributed by atoms with Crippen molar-refractivity contribution in [2.24, 2.45) is 0 Å². The van der Waals surface area contributed by atoms with Crippen LogP contribution >= 0.6 is 0 Å². The molecule has 5 aromatic rings. The van der Waals surface area contributed by atoms with Gasteiger partial charge in [0.15, 0.2) is 0 Å². The Balaban J connectivity index is 0.00000127. The van der Waals surface area contributed by atoms with Crippen LogP contribution in [0, 0.1) is 27.3 Å². The molecular weight excluding hydrogens is 603 g/mol. The molecule has 4 aromatic carbocycles. The van der Waals surface area contributed by atoms with Crippen molar-refractivity contribution in [1.29, 1.82) is 0 Å². The van der Waals surface area contributed by atoms with Gasteiger partial charge in [0.2, 0.25) is 0 Å². The summed E-state index contributed by atoms with van der Waals surface area (Å²) in [7, 11) is 0. The number of pyridine rings is 1. The van der Waals surface area contributed by atoms with E-state index in [0.29, 0.717) is 0 Å². The molecule has 0 aliphatic heterocycles. The van der Waals surface area contributed by atoms with Crippen LogP contribution in [-0.2, 0) is 25.5 Å². The monoisotopic (exact) mass is 628 g/mol. The Labute approximate surface area is 221 Å². The topological polar surface area (TPSA) is 12.9 Å². The molecule has 1 nitrogen and oxygen atoms in total. The van der Waals surface area contributed by atoms with Gasteiger partial charge in [0.1, 0.15) is 0 Å². The number of aromatic nitrogens is 1. The van der Waals surface area contributed by atoms with E-state index in [0.717, 1.165) is 11.3 Å². The molecule has 0 unspecified atom stereocenters. The molecule has 2 heteroatoms. The molecule has 0 atom stereocenters. The van der Waals surface area contributed by atoms with Gasteiger partial charge in [0, 0.05) is 26.3 Å². The molecular formula is C33H25IrN-2. The Kier molecular flexibility index (Phi) is 5.63. The Bertz CT molecular complexity index is 1530. The molecule has 2 aliphatic rings. The first kappa shape index (κ1) is 23.4. The van der Waals surface area contributed by atoms with Gasteiger partial charge in [-0.05, 0) is 53.4 Å². The Morgan fingerprint density at radius 1 is 0.629 bits per heavy atom. The zero-order valence-electron chi connectivity index (χ0n) is 20.0. The second-order valence-electron chi connectivity index (χ2n) is 9.28. The maximum absolute atomic E-state index is 4.62. The number of rotatable bonds is 1. The first-order chi connectivity index (χ1) is 16.2. The van der Waals surface area contributed by atoms with Crippen LogP contribution in [-0.4, -0.2) is 4.98 Å². The summed E-state index contributed by atoms with van der Waals surface area (Å²) in [6.07, 6.45) is 1.85. The predicted octanol–water partition coefficient (Wildman–Crippen LogP) is 7.96. The van der Waals surface area contributed by atoms with E-state index in [2.05, 4.69) is 104 Å². The van der Waals surface area contributed by atoms with E-state index in [-0.39, 0.29) is 32.9 Å². The third-order valence-electron chi connectivity index (χ3n) is 7.37. The fraction of sp³-hybridized carbons (Fsp3) is 0.0909. The second-order valence-corrected chi connectivity index (χ2v) is 9.28. The Morgan fingerprint density at radius 2 is 1.23 bits per heavy atom. The molecule has 2 aliphatic carbocycles. The summed E-state index contributed by atoms with van der Waals surface area (Å²) in [4.78, 5) is 4.62. The van der Waals surface area contributed by atoms with Crippen LogP contribution in [0.1, 0.15) is 33.4 Å². The van der Waals surface area contributed by atoms with E-state index < -0.39 is 0 Å². The van der Waals surface area contributed by atoms with Gasteiger partial charge in [-0.25, -0.2) is 0 Å². The number of aryl methyl sites for hydroxylation is 2. The molecule has 0 amide bonds. The zero-order chi connectivity index (χ0) is 22.2. The fourth-order valence-corrected chi connectivity index (χ4v) is 6.02. The second kappa shape index (κ2) is 8.41. The summed E-state index contributed by atoms with van der Waals surface area (Å²) in [5.74, 6) is 0. The van der Waals surface area contributed by atoms with Crippen LogP contribution in [0.25, 0.3) is 33.5 Å². The van der Waals surface area contributed by atoms with Crippen molar-refractivity contribution in [3.05, 3.63) is 144 Å². The van der Waals surface area contributed by atoms with Crippen LogP contribution in [0.15, 0.2) is 97.2 Å². The summed E-state index contributed by atoms with van der Waals surface area (Å²) < 4.78 is 0. The number of hydrogen-bond donors (Lipinski definition) is 0. The molecule has 1 heterocycles. The van der Waals surface area contributed by atoms with Gasteiger partial charge in [-0.2, -0.15) is 0 Å². The van der Waals surface area contributed by atoms with E-state index in [1.54, 1.807) is 0 Å². The molecule has 0 fully saturated rings. The van der Waals surface area contributed by atoms with E-state index in [1.165, 1.54) is 55.6 Å². The SMILES string of the molecule is Cc1ccc2c(c1)C1(c3ccccc3-c3c[c-]c(-c4ccccn4)cc31)c1cc(C)ccc1-2.[CH3-].[Ir]. The van der Waals surface area contributed by atoms with Crippen molar-refractivity contribution < 1.29 is 20.1 Å². The van der Waals surface area contributed by atoms with Crippen LogP contribution < -0.4 is 0 Å². The average Bonchev–Trinajstić information content (AvgIpc) is 3.30. The van der Waals surface area contributed by atoms with Crippen LogP contribution in [0.2, 0.25) is 0 Å². The number of nitrogens with zero attached hydrogens (tertiary/aromatic N) is 1. The molecule has 7 rings (SSSR count). The van der Waals surface area contributed by atoms with Gasteiger partial charge < -0.3 is 12.4 Å². The zero-order valence-corrected chi connectivity index (χ0v) is 22.4. The van der Waals surface area contributed by atoms with Gasteiger partial charge >= 0.3 is 0 Å². The van der Waals surface area contributed by atoms with Gasteiger partial charge in [0.25, 0.3) is 0 Å². The third kappa shape index (κ3) is 3.07. The minimum absolute atomic E-state index is 0. The van der Waals surface area contributed by atoms with Crippen molar-refractivity contribution in [3.63, 3.8) is 0 Å². The summed E-state index contributed by atoms with van der Waals surface area (Å²) in [6.45, 7) is 4.39. The molecule has 1 aromatic heterocycles. The smallest absolute Gasteiger partial charge is 0.0550 e. The Morgan fingerprint density at radius 3 is 1.89 bits per heavy atom. The van der Waals surface area contributed by atoms with E-state index in [9.17, 15) is 0 Å². The van der Waals surface area contributed by atoms with Crippen LogP contribution in [0.5, 0.6) is 0 Å². The molecule has 0 bridgehead atoms. The van der Waals surface area contributed by atoms with E-state index >= 15 is 0 Å². The number of hydrogen-bond acceptors (Lipinski definition) is 1. The molecule has 0 N–H and O–H groups in total. The first-order valence-corrected chi connectivity index (χ1v) is 11.5. The number of benzene rings is 4. The molecule has 0 saturated heterocycles. The number of fused-ring (bicyclic) bond motifs is 10. The minimum Gasteiger partial charge on any atom is -0.358 e. The molecule has 35 heavy (non-hydrogen) atoms. The molecule has 0 saturated carbocycles. The van der Waals surface area contributed by atoms with Crippen molar-refractivity contribution in [1.82, 2.24) is 4.98 Å². The quantitative estimate of drug-likeness (QED) is 0.168. The van der Waals surface area contributed by atoms with Crippen LogP contribution in [0.3, 0.4) is 0 Å². The third-order valence-corrected chi connectivity index (χ3v) is 7.37. The largest absolute Gasteiger partial charge is 0.358 e.